The van der Waals surface area contributed by atoms with Gasteiger partial charge in [-0.3, -0.25) is 5.32 Å². The summed E-state index contributed by atoms with van der Waals surface area (Å²) in [5.74, 6) is 0. The topological polar surface area (TPSA) is 15.3 Å². The predicted octanol–water partition coefficient (Wildman–Crippen LogP) is 1.78. The molecular weight excluding hydrogens is 179 g/mol. The Morgan fingerprint density at radius 1 is 1.36 bits per heavy atom. The lowest BCUT2D eigenvalue weighted by molar-refractivity contribution is 0.308. The molecule has 0 amide bonds. The Morgan fingerprint density at radius 2 is 2.07 bits per heavy atom. The molecule has 0 saturated carbocycles. The zero-order valence-corrected chi connectivity index (χ0v) is 8.28. The maximum absolute atomic E-state index is 12.9. The van der Waals surface area contributed by atoms with E-state index in [9.17, 15) is 4.39 Å². The van der Waals surface area contributed by atoms with Gasteiger partial charge in [0.1, 0.15) is 0 Å². The second-order valence-corrected chi connectivity index (χ2v) is 3.71. The van der Waals surface area contributed by atoms with Gasteiger partial charge < -0.3 is 4.90 Å². The molecule has 3 heteroatoms. The van der Waals surface area contributed by atoms with Gasteiger partial charge in [-0.15, -0.1) is 0 Å². The van der Waals surface area contributed by atoms with Crippen LogP contribution < -0.4 is 10.2 Å². The molecule has 0 bridgehead atoms. The molecule has 76 valence electrons. The van der Waals surface area contributed by atoms with E-state index < -0.39 is 6.30 Å². The van der Waals surface area contributed by atoms with Gasteiger partial charge in [0, 0.05) is 31.7 Å². The Bertz CT molecular complexity index is 289. The molecule has 2 rings (SSSR count). The van der Waals surface area contributed by atoms with Crippen molar-refractivity contribution < 1.29 is 4.39 Å². The summed E-state index contributed by atoms with van der Waals surface area (Å²) >= 11 is 0. The number of alkyl halides is 1. The maximum atomic E-state index is 12.9. The van der Waals surface area contributed by atoms with E-state index in [1.165, 1.54) is 0 Å². The van der Waals surface area contributed by atoms with Gasteiger partial charge in [-0.1, -0.05) is 18.2 Å². The minimum atomic E-state index is -0.842. The quantitative estimate of drug-likeness (QED) is 0.722. The molecular formula is C11H15FN2. The fourth-order valence-corrected chi connectivity index (χ4v) is 1.84. The van der Waals surface area contributed by atoms with Crippen molar-refractivity contribution in [2.45, 2.75) is 18.8 Å². The minimum Gasteiger partial charge on any atom is -0.370 e. The van der Waals surface area contributed by atoms with Crippen LogP contribution in [-0.4, -0.2) is 25.9 Å². The fourth-order valence-electron chi connectivity index (χ4n) is 1.84. The number of benzene rings is 1. The number of halogens is 1. The molecule has 2 unspecified atom stereocenters. The third kappa shape index (κ3) is 1.87. The minimum absolute atomic E-state index is 0.271. The molecule has 14 heavy (non-hydrogen) atoms. The molecule has 1 aliphatic heterocycles. The average molecular weight is 194 g/mol. The van der Waals surface area contributed by atoms with Crippen LogP contribution in [-0.2, 0) is 0 Å². The van der Waals surface area contributed by atoms with Gasteiger partial charge in [-0.25, -0.2) is 4.39 Å². The first kappa shape index (κ1) is 9.46. The molecule has 0 spiro atoms. The van der Waals surface area contributed by atoms with Crippen molar-refractivity contribution in [2.75, 3.05) is 18.5 Å². The van der Waals surface area contributed by atoms with E-state index in [0.29, 0.717) is 6.42 Å². The van der Waals surface area contributed by atoms with Crippen molar-refractivity contribution in [3.05, 3.63) is 30.3 Å². The van der Waals surface area contributed by atoms with Gasteiger partial charge in [-0.2, -0.15) is 0 Å². The van der Waals surface area contributed by atoms with Crippen LogP contribution in [0.5, 0.6) is 0 Å². The van der Waals surface area contributed by atoms with Crippen LogP contribution >= 0.6 is 0 Å². The molecule has 0 aliphatic carbocycles. The summed E-state index contributed by atoms with van der Waals surface area (Å²) in [5, 5.41) is 2.81. The third-order valence-corrected chi connectivity index (χ3v) is 2.77. The van der Waals surface area contributed by atoms with Crippen LogP contribution in [0.1, 0.15) is 6.42 Å². The highest BCUT2D eigenvalue weighted by molar-refractivity contribution is 5.46. The third-order valence-electron chi connectivity index (χ3n) is 2.77. The lowest BCUT2D eigenvalue weighted by Crippen LogP contribution is -2.33. The summed E-state index contributed by atoms with van der Waals surface area (Å²) in [6, 6.07) is 10.4. The fraction of sp³-hybridized carbons (Fsp3) is 0.455. The lowest BCUT2D eigenvalue weighted by Gasteiger charge is -2.25. The van der Waals surface area contributed by atoms with Crippen LogP contribution in [0, 0.1) is 0 Å². The predicted molar refractivity (Wildman–Crippen MR) is 56.1 cm³/mol. The van der Waals surface area contributed by atoms with E-state index >= 15 is 0 Å². The van der Waals surface area contributed by atoms with Gasteiger partial charge in [0.15, 0.2) is 6.30 Å². The Hall–Kier alpha value is -1.09. The molecule has 0 radical (unpaired) electrons. The first-order valence-corrected chi connectivity index (χ1v) is 4.92. The van der Waals surface area contributed by atoms with Crippen LogP contribution in [0.3, 0.4) is 0 Å². The number of hydrogen-bond donors (Lipinski definition) is 1. The number of anilines is 1. The molecule has 2 atom stereocenters. The van der Waals surface area contributed by atoms with Gasteiger partial charge >= 0.3 is 0 Å². The normalized spacial score (nSPS) is 26.4. The molecule has 0 aromatic heterocycles. The summed E-state index contributed by atoms with van der Waals surface area (Å²) in [5.41, 5.74) is 1.15. The molecule has 1 saturated heterocycles. The monoisotopic (exact) mass is 194 g/mol. The maximum Gasteiger partial charge on any atom is 0.153 e. The van der Waals surface area contributed by atoms with E-state index in [1.807, 2.05) is 37.4 Å². The second-order valence-electron chi connectivity index (χ2n) is 3.71. The molecule has 1 aromatic carbocycles. The summed E-state index contributed by atoms with van der Waals surface area (Å²) in [4.78, 5) is 2.13. The zero-order valence-electron chi connectivity index (χ0n) is 8.28. The summed E-state index contributed by atoms with van der Waals surface area (Å²) in [6.45, 7) is 0.729. The number of likely N-dealkylation sites (N-methyl/N-ethyl adjacent to an activating group) is 1. The standard InChI is InChI=1S/C11H15FN2/c1-14(9-5-3-2-4-6-9)10-7-11(12)13-8-10/h2-6,10-11,13H,7-8H2,1H3. The highest BCUT2D eigenvalue weighted by atomic mass is 19.1. The van der Waals surface area contributed by atoms with Crippen molar-refractivity contribution >= 4 is 5.69 Å². The number of nitrogens with zero attached hydrogens (tertiary/aromatic N) is 1. The SMILES string of the molecule is CN(c1ccccc1)C1CNC(F)C1. The van der Waals surface area contributed by atoms with E-state index in [2.05, 4.69) is 10.2 Å². The average Bonchev–Trinajstić information content (AvgIpc) is 2.65. The first-order valence-electron chi connectivity index (χ1n) is 4.92. The van der Waals surface area contributed by atoms with E-state index in [-0.39, 0.29) is 6.04 Å². The van der Waals surface area contributed by atoms with Crippen LogP contribution in [0.4, 0.5) is 10.1 Å². The lowest BCUT2D eigenvalue weighted by atomic mass is 10.2. The van der Waals surface area contributed by atoms with Gasteiger partial charge in [0.2, 0.25) is 0 Å². The van der Waals surface area contributed by atoms with Gasteiger partial charge in [0.25, 0.3) is 0 Å². The van der Waals surface area contributed by atoms with Crippen LogP contribution in [0.2, 0.25) is 0 Å². The number of nitrogens with one attached hydrogen (secondary N) is 1. The molecule has 1 fully saturated rings. The van der Waals surface area contributed by atoms with Crippen molar-refractivity contribution in [3.8, 4) is 0 Å². The number of rotatable bonds is 2. The summed E-state index contributed by atoms with van der Waals surface area (Å²) in [6.07, 6.45) is -0.267. The zero-order chi connectivity index (χ0) is 9.97. The molecule has 1 N–H and O–H groups in total. The van der Waals surface area contributed by atoms with E-state index in [4.69, 9.17) is 0 Å². The highest BCUT2D eigenvalue weighted by Gasteiger charge is 2.26. The first-order chi connectivity index (χ1) is 6.77. The van der Waals surface area contributed by atoms with Crippen molar-refractivity contribution in [1.29, 1.82) is 0 Å². The highest BCUT2D eigenvalue weighted by Crippen LogP contribution is 2.20. The van der Waals surface area contributed by atoms with Crippen LogP contribution in [0.25, 0.3) is 0 Å². The van der Waals surface area contributed by atoms with Gasteiger partial charge in [-0.05, 0) is 12.1 Å². The smallest absolute Gasteiger partial charge is 0.153 e. The summed E-state index contributed by atoms with van der Waals surface area (Å²) in [7, 11) is 2.01. The Kier molecular flexibility index (Phi) is 2.68. The Morgan fingerprint density at radius 3 is 2.64 bits per heavy atom. The molecule has 1 aliphatic rings. The number of para-hydroxylation sites is 1. The van der Waals surface area contributed by atoms with Gasteiger partial charge in [0.05, 0.1) is 0 Å². The Labute approximate surface area is 83.7 Å². The van der Waals surface area contributed by atoms with E-state index in [0.717, 1.165) is 12.2 Å². The van der Waals surface area contributed by atoms with Crippen molar-refractivity contribution in [1.82, 2.24) is 5.32 Å². The second kappa shape index (κ2) is 3.96. The molecule has 1 aromatic rings. The van der Waals surface area contributed by atoms with Crippen molar-refractivity contribution in [3.63, 3.8) is 0 Å². The Balaban J connectivity index is 2.05. The largest absolute Gasteiger partial charge is 0.370 e. The molecule has 1 heterocycles. The number of hydrogen-bond acceptors (Lipinski definition) is 2. The van der Waals surface area contributed by atoms with E-state index in [1.54, 1.807) is 0 Å². The van der Waals surface area contributed by atoms with Crippen molar-refractivity contribution in [2.24, 2.45) is 0 Å². The molecule has 2 nitrogen and oxygen atoms in total. The summed E-state index contributed by atoms with van der Waals surface area (Å²) < 4.78 is 12.9. The van der Waals surface area contributed by atoms with Crippen LogP contribution in [0.15, 0.2) is 30.3 Å².